The van der Waals surface area contributed by atoms with Crippen molar-refractivity contribution in [3.05, 3.63) is 32.6 Å². The normalized spacial score (nSPS) is 21.6. The van der Waals surface area contributed by atoms with Gasteiger partial charge in [-0.25, -0.2) is 4.39 Å². The summed E-state index contributed by atoms with van der Waals surface area (Å²) in [6.45, 7) is 0. The summed E-state index contributed by atoms with van der Waals surface area (Å²) in [5, 5.41) is 2.10. The topological polar surface area (TPSA) is 83.6 Å². The molecule has 6 nitrogen and oxygen atoms in total. The third-order valence-electron chi connectivity index (χ3n) is 3.48. The molecule has 1 aromatic carbocycles. The Morgan fingerprint density at radius 1 is 1.14 bits per heavy atom. The number of hydrogen-bond acceptors (Lipinski definition) is 4. The smallest absolute Gasteiger partial charge is 0.262 e. The molecule has 1 saturated heterocycles. The van der Waals surface area contributed by atoms with Gasteiger partial charge in [0.25, 0.3) is 11.8 Å². The van der Waals surface area contributed by atoms with Crippen LogP contribution in [-0.4, -0.2) is 34.6 Å². The standard InChI is InChI=1S/C13H8FIN2O4/c14-7-3-5-6(4-8(7)15)13(21)17(12(5)20)9-1-2-10(18)16-11(9)19/h3-4,9H,1-2H2,(H,16,18,19). The van der Waals surface area contributed by atoms with Gasteiger partial charge in [-0.05, 0) is 41.1 Å². The summed E-state index contributed by atoms with van der Waals surface area (Å²) in [7, 11) is 0. The molecule has 0 aliphatic carbocycles. The monoisotopic (exact) mass is 402 g/mol. The molecule has 0 bridgehead atoms. The summed E-state index contributed by atoms with van der Waals surface area (Å²) >= 11 is 1.72. The maximum Gasteiger partial charge on any atom is 0.262 e. The van der Waals surface area contributed by atoms with Gasteiger partial charge in [-0.1, -0.05) is 0 Å². The van der Waals surface area contributed by atoms with Crippen LogP contribution in [0.15, 0.2) is 12.1 Å². The Balaban J connectivity index is 2.00. The van der Waals surface area contributed by atoms with Gasteiger partial charge in [0.15, 0.2) is 0 Å². The number of carbonyl (C=O) groups excluding carboxylic acids is 4. The highest BCUT2D eigenvalue weighted by Crippen LogP contribution is 2.29. The van der Waals surface area contributed by atoms with Crippen molar-refractivity contribution in [3.8, 4) is 0 Å². The van der Waals surface area contributed by atoms with Crippen LogP contribution >= 0.6 is 22.6 Å². The van der Waals surface area contributed by atoms with Gasteiger partial charge in [0, 0.05) is 9.99 Å². The largest absolute Gasteiger partial charge is 0.295 e. The SMILES string of the molecule is O=C1CCC(N2C(=O)c3cc(F)c(I)cc3C2=O)C(=O)N1. The van der Waals surface area contributed by atoms with Crippen LogP contribution in [0.1, 0.15) is 33.6 Å². The lowest BCUT2D eigenvalue weighted by Crippen LogP contribution is -2.54. The Labute approximate surface area is 131 Å². The molecule has 2 aliphatic rings. The van der Waals surface area contributed by atoms with E-state index in [1.807, 2.05) is 0 Å². The van der Waals surface area contributed by atoms with Gasteiger partial charge in [-0.15, -0.1) is 0 Å². The fourth-order valence-electron chi connectivity index (χ4n) is 2.46. The minimum absolute atomic E-state index is 0.0513. The van der Waals surface area contributed by atoms with Crippen LogP contribution in [0.4, 0.5) is 4.39 Å². The van der Waals surface area contributed by atoms with Crippen LogP contribution in [0.3, 0.4) is 0 Å². The highest BCUT2D eigenvalue weighted by molar-refractivity contribution is 14.1. The summed E-state index contributed by atoms with van der Waals surface area (Å²) in [5.74, 6) is -3.06. The summed E-state index contributed by atoms with van der Waals surface area (Å²) in [5.41, 5.74) is 0.0260. The van der Waals surface area contributed by atoms with E-state index in [0.717, 1.165) is 11.0 Å². The molecule has 3 rings (SSSR count). The van der Waals surface area contributed by atoms with Crippen LogP contribution in [0.5, 0.6) is 0 Å². The Morgan fingerprint density at radius 3 is 2.38 bits per heavy atom. The lowest BCUT2D eigenvalue weighted by Gasteiger charge is -2.27. The van der Waals surface area contributed by atoms with E-state index in [1.165, 1.54) is 6.07 Å². The molecule has 1 fully saturated rings. The minimum atomic E-state index is -1.03. The molecule has 0 aromatic heterocycles. The second-order valence-electron chi connectivity index (χ2n) is 4.76. The van der Waals surface area contributed by atoms with Crippen molar-refractivity contribution in [1.82, 2.24) is 10.2 Å². The molecule has 0 radical (unpaired) electrons. The second-order valence-corrected chi connectivity index (χ2v) is 5.92. The predicted molar refractivity (Wildman–Crippen MR) is 75.8 cm³/mol. The van der Waals surface area contributed by atoms with Crippen LogP contribution in [0.25, 0.3) is 0 Å². The molecule has 0 saturated carbocycles. The third-order valence-corrected chi connectivity index (χ3v) is 4.31. The van der Waals surface area contributed by atoms with Gasteiger partial charge in [0.2, 0.25) is 11.8 Å². The van der Waals surface area contributed by atoms with E-state index in [1.54, 1.807) is 22.6 Å². The number of halogens is 2. The summed E-state index contributed by atoms with van der Waals surface area (Å²) in [6, 6.07) is 1.26. The average Bonchev–Trinajstić information content (AvgIpc) is 2.64. The van der Waals surface area contributed by atoms with Crippen LogP contribution in [0, 0.1) is 9.39 Å². The number of nitrogens with zero attached hydrogens (tertiary/aromatic N) is 1. The van der Waals surface area contributed by atoms with Crippen molar-refractivity contribution < 1.29 is 23.6 Å². The van der Waals surface area contributed by atoms with E-state index in [0.29, 0.717) is 0 Å². The number of hydrogen-bond donors (Lipinski definition) is 1. The first-order valence-corrected chi connectivity index (χ1v) is 7.18. The first-order valence-electron chi connectivity index (χ1n) is 6.11. The zero-order valence-corrected chi connectivity index (χ0v) is 12.6. The molecule has 1 aromatic rings. The molecular formula is C13H8FIN2O4. The zero-order valence-electron chi connectivity index (χ0n) is 10.5. The van der Waals surface area contributed by atoms with Crippen molar-refractivity contribution >= 4 is 46.2 Å². The third kappa shape index (κ3) is 2.13. The molecule has 1 unspecified atom stereocenters. The van der Waals surface area contributed by atoms with E-state index >= 15 is 0 Å². The number of nitrogens with one attached hydrogen (secondary N) is 1. The Morgan fingerprint density at radius 2 is 1.76 bits per heavy atom. The number of fused-ring (bicyclic) bond motifs is 1. The molecule has 8 heteroatoms. The highest BCUT2D eigenvalue weighted by atomic mass is 127. The predicted octanol–water partition coefficient (Wildman–Crippen LogP) is 0.832. The van der Waals surface area contributed by atoms with Crippen molar-refractivity contribution in [3.63, 3.8) is 0 Å². The molecule has 0 spiro atoms. The zero-order chi connectivity index (χ0) is 15.3. The molecule has 4 amide bonds. The lowest BCUT2D eigenvalue weighted by atomic mass is 10.0. The first kappa shape index (κ1) is 14.1. The molecule has 108 valence electrons. The average molecular weight is 402 g/mol. The van der Waals surface area contributed by atoms with Gasteiger partial charge < -0.3 is 0 Å². The van der Waals surface area contributed by atoms with Crippen LogP contribution in [0.2, 0.25) is 0 Å². The van der Waals surface area contributed by atoms with Crippen LogP contribution in [-0.2, 0) is 9.59 Å². The fourth-order valence-corrected chi connectivity index (χ4v) is 2.93. The number of benzene rings is 1. The Kier molecular flexibility index (Phi) is 3.27. The van der Waals surface area contributed by atoms with Crippen molar-refractivity contribution in [2.45, 2.75) is 18.9 Å². The maximum absolute atomic E-state index is 13.6. The molecule has 2 aliphatic heterocycles. The summed E-state index contributed by atoms with van der Waals surface area (Å²) in [4.78, 5) is 48.3. The molecule has 1 atom stereocenters. The van der Waals surface area contributed by atoms with Crippen LogP contribution < -0.4 is 5.32 Å². The molecule has 21 heavy (non-hydrogen) atoms. The van der Waals surface area contributed by atoms with Gasteiger partial charge in [0.05, 0.1) is 11.1 Å². The van der Waals surface area contributed by atoms with Gasteiger partial charge in [0.1, 0.15) is 11.9 Å². The van der Waals surface area contributed by atoms with Gasteiger partial charge >= 0.3 is 0 Å². The van der Waals surface area contributed by atoms with Gasteiger partial charge in [-0.2, -0.15) is 0 Å². The summed E-state index contributed by atoms with van der Waals surface area (Å²) < 4.78 is 13.8. The van der Waals surface area contributed by atoms with Crippen molar-refractivity contribution in [1.29, 1.82) is 0 Å². The maximum atomic E-state index is 13.6. The Hall–Kier alpha value is -1.84. The lowest BCUT2D eigenvalue weighted by molar-refractivity contribution is -0.136. The number of rotatable bonds is 1. The molecular weight excluding hydrogens is 394 g/mol. The first-order chi connectivity index (χ1) is 9.90. The van der Waals surface area contributed by atoms with E-state index in [-0.39, 0.29) is 27.5 Å². The number of amides is 4. The van der Waals surface area contributed by atoms with E-state index in [9.17, 15) is 23.6 Å². The minimum Gasteiger partial charge on any atom is -0.295 e. The van der Waals surface area contributed by atoms with E-state index in [2.05, 4.69) is 5.32 Å². The van der Waals surface area contributed by atoms with E-state index in [4.69, 9.17) is 0 Å². The summed E-state index contributed by atoms with van der Waals surface area (Å²) in [6.07, 6.45) is 0.130. The van der Waals surface area contributed by atoms with Crippen molar-refractivity contribution in [2.75, 3.05) is 0 Å². The molecule has 1 N–H and O–H groups in total. The number of imide groups is 2. The highest BCUT2D eigenvalue weighted by Gasteiger charge is 2.44. The van der Waals surface area contributed by atoms with Gasteiger partial charge in [-0.3, -0.25) is 29.4 Å². The number of carbonyl (C=O) groups is 4. The van der Waals surface area contributed by atoms with E-state index < -0.39 is 35.5 Å². The quantitative estimate of drug-likeness (QED) is 0.558. The number of piperidine rings is 1. The Bertz CT molecular complexity index is 677. The fraction of sp³-hybridized carbons (Fsp3) is 0.231. The van der Waals surface area contributed by atoms with Crippen molar-refractivity contribution in [2.24, 2.45) is 0 Å². The molecule has 2 heterocycles. The second kappa shape index (κ2) is 4.86.